The van der Waals surface area contributed by atoms with Crippen LogP contribution in [0.25, 0.3) is 0 Å². The van der Waals surface area contributed by atoms with E-state index in [9.17, 15) is 19.2 Å². The van der Waals surface area contributed by atoms with Gasteiger partial charge in [-0.3, -0.25) is 19.2 Å². The fraction of sp³-hybridized carbons (Fsp3) is 0.429. The molecule has 0 bridgehead atoms. The van der Waals surface area contributed by atoms with Crippen LogP contribution >= 0.6 is 0 Å². The molecule has 0 saturated heterocycles. The topological polar surface area (TPSA) is 93.2 Å². The number of carbonyl (C=O) groups is 4. The molecule has 4 atom stereocenters. The highest BCUT2D eigenvalue weighted by Gasteiger charge is 2.88. The van der Waals surface area contributed by atoms with Crippen molar-refractivity contribution >= 4 is 35.1 Å². The summed E-state index contributed by atoms with van der Waals surface area (Å²) in [4.78, 5) is 59.1. The van der Waals surface area contributed by atoms with Gasteiger partial charge in [0.15, 0.2) is 0 Å². The van der Waals surface area contributed by atoms with Crippen LogP contribution in [0.4, 0.5) is 11.4 Å². The lowest BCUT2D eigenvalue weighted by molar-refractivity contribution is -0.195. The van der Waals surface area contributed by atoms with Gasteiger partial charge >= 0.3 is 11.9 Å². The van der Waals surface area contributed by atoms with Crippen LogP contribution in [0.2, 0.25) is 0 Å². The second kappa shape index (κ2) is 8.47. The summed E-state index contributed by atoms with van der Waals surface area (Å²) in [5.74, 6) is -4.57. The molecule has 2 aliphatic heterocycles. The van der Waals surface area contributed by atoms with Gasteiger partial charge in [0.05, 0.1) is 25.0 Å². The fourth-order valence-electron chi connectivity index (χ4n) is 6.65. The fourth-order valence-corrected chi connectivity index (χ4v) is 6.65. The smallest absolute Gasteiger partial charge is 0.311 e. The van der Waals surface area contributed by atoms with Crippen LogP contribution in [-0.2, 0) is 39.5 Å². The van der Waals surface area contributed by atoms with Gasteiger partial charge in [-0.2, -0.15) is 0 Å². The molecular weight excluding hydrogens is 460 g/mol. The lowest BCUT2D eigenvalue weighted by Crippen LogP contribution is -2.80. The predicted molar refractivity (Wildman–Crippen MR) is 133 cm³/mol. The molecule has 2 spiro atoms. The molecule has 5 rings (SSSR count). The number of benzene rings is 2. The summed E-state index contributed by atoms with van der Waals surface area (Å²) < 4.78 is 11.2. The van der Waals surface area contributed by atoms with Gasteiger partial charge in [0.1, 0.15) is 10.8 Å². The van der Waals surface area contributed by atoms with E-state index in [0.717, 1.165) is 0 Å². The minimum Gasteiger partial charge on any atom is -0.465 e. The Balaban J connectivity index is 1.85. The summed E-state index contributed by atoms with van der Waals surface area (Å²) >= 11 is 0. The number of fused-ring (bicyclic) bond motifs is 5. The highest BCUT2D eigenvalue weighted by atomic mass is 16.5. The zero-order chi connectivity index (χ0) is 25.8. The lowest BCUT2D eigenvalue weighted by Gasteiger charge is -2.61. The minimum atomic E-state index is -1.64. The number of hydrogen-bond acceptors (Lipinski definition) is 6. The van der Waals surface area contributed by atoms with Crippen molar-refractivity contribution in [2.24, 2.45) is 11.8 Å². The summed E-state index contributed by atoms with van der Waals surface area (Å²) in [6.45, 7) is 4.03. The first kappa shape index (κ1) is 24.0. The third-order valence-corrected chi connectivity index (χ3v) is 7.96. The van der Waals surface area contributed by atoms with Crippen molar-refractivity contribution in [3.05, 3.63) is 59.7 Å². The molecule has 1 saturated carbocycles. The van der Waals surface area contributed by atoms with Gasteiger partial charge in [0, 0.05) is 25.5 Å². The van der Waals surface area contributed by atoms with Gasteiger partial charge in [0.25, 0.3) is 0 Å². The zero-order valence-corrected chi connectivity index (χ0v) is 20.9. The standard InChI is InChI=1S/C28H30N2O6/c1-5-15-35-23(31)21-22(24(32)36-16-6-2)28(18-12-8-10-14-20(18)30(4)26(28)34)27(21)17-11-7-9-13-19(17)29(3)25(27)33/h7-14,21-22H,5-6,15-16H2,1-4H3/t21-,22-,27+,28+/m0/s1. The average molecular weight is 491 g/mol. The maximum Gasteiger partial charge on any atom is 0.311 e. The maximum atomic E-state index is 14.4. The van der Waals surface area contributed by atoms with Gasteiger partial charge in [0.2, 0.25) is 11.8 Å². The molecule has 2 amide bonds. The molecule has 0 unspecified atom stereocenters. The molecule has 0 N–H and O–H groups in total. The predicted octanol–water partition coefficient (Wildman–Crippen LogP) is 2.97. The molecule has 3 aliphatic rings. The van der Waals surface area contributed by atoms with Crippen molar-refractivity contribution in [1.29, 1.82) is 0 Å². The largest absolute Gasteiger partial charge is 0.465 e. The molecule has 8 heteroatoms. The molecule has 8 nitrogen and oxygen atoms in total. The van der Waals surface area contributed by atoms with Crippen LogP contribution in [0.15, 0.2) is 48.5 Å². The van der Waals surface area contributed by atoms with Gasteiger partial charge in [-0.15, -0.1) is 0 Å². The number of rotatable bonds is 6. The van der Waals surface area contributed by atoms with Gasteiger partial charge in [-0.05, 0) is 36.1 Å². The average Bonchev–Trinajstić information content (AvgIpc) is 3.27. The Kier molecular flexibility index (Phi) is 5.65. The minimum absolute atomic E-state index is 0.144. The number of likely N-dealkylation sites (N-methyl/N-ethyl adjacent to an activating group) is 2. The van der Waals surface area contributed by atoms with E-state index < -0.39 is 46.4 Å². The highest BCUT2D eigenvalue weighted by Crippen LogP contribution is 2.73. The second-order valence-corrected chi connectivity index (χ2v) is 9.67. The Bertz CT molecular complexity index is 1180. The summed E-state index contributed by atoms with van der Waals surface area (Å²) in [7, 11) is 3.27. The monoisotopic (exact) mass is 490 g/mol. The number of hydrogen-bond donors (Lipinski definition) is 0. The molecule has 2 heterocycles. The number of esters is 2. The molecule has 36 heavy (non-hydrogen) atoms. The van der Waals surface area contributed by atoms with Gasteiger partial charge in [-0.1, -0.05) is 50.2 Å². The van der Waals surface area contributed by atoms with Gasteiger partial charge < -0.3 is 19.3 Å². The van der Waals surface area contributed by atoms with Crippen LogP contribution in [0.5, 0.6) is 0 Å². The first-order valence-corrected chi connectivity index (χ1v) is 12.4. The molecular formula is C28H30N2O6. The Morgan fingerprint density at radius 1 is 0.722 bits per heavy atom. The van der Waals surface area contributed by atoms with Crippen molar-refractivity contribution in [2.75, 3.05) is 37.1 Å². The van der Waals surface area contributed by atoms with Crippen LogP contribution in [0.1, 0.15) is 37.8 Å². The van der Waals surface area contributed by atoms with E-state index in [2.05, 4.69) is 0 Å². The third kappa shape index (κ3) is 2.64. The van der Waals surface area contributed by atoms with Crippen LogP contribution in [0.3, 0.4) is 0 Å². The number of carbonyl (C=O) groups excluding carboxylic acids is 4. The molecule has 0 radical (unpaired) electrons. The lowest BCUT2D eigenvalue weighted by atomic mass is 9.34. The van der Waals surface area contributed by atoms with E-state index in [1.54, 1.807) is 62.6 Å². The summed E-state index contributed by atoms with van der Waals surface area (Å²) in [5, 5.41) is 0. The van der Waals surface area contributed by atoms with Crippen molar-refractivity contribution in [3.8, 4) is 0 Å². The van der Waals surface area contributed by atoms with Crippen LogP contribution < -0.4 is 9.80 Å². The number of ether oxygens (including phenoxy) is 2. The van der Waals surface area contributed by atoms with E-state index >= 15 is 0 Å². The molecule has 2 aromatic carbocycles. The Morgan fingerprint density at radius 3 is 1.44 bits per heavy atom. The first-order valence-electron chi connectivity index (χ1n) is 12.4. The molecule has 2 aromatic rings. The number of amides is 2. The summed E-state index contributed by atoms with van der Waals surface area (Å²) in [5.41, 5.74) is -0.970. The SMILES string of the molecule is CCCOC(=O)[C@@H]1[C@@H](C(=O)OCCC)[C@]2(C(=O)N(C)c3ccccc32)[C@@]12C(=O)N(C)c1ccccc12. The van der Waals surface area contributed by atoms with Crippen molar-refractivity contribution in [3.63, 3.8) is 0 Å². The van der Waals surface area contributed by atoms with E-state index in [-0.39, 0.29) is 13.2 Å². The number of anilines is 2. The van der Waals surface area contributed by atoms with Crippen molar-refractivity contribution in [2.45, 2.75) is 37.5 Å². The van der Waals surface area contributed by atoms with Gasteiger partial charge in [-0.25, -0.2) is 0 Å². The van der Waals surface area contributed by atoms with E-state index in [0.29, 0.717) is 35.3 Å². The number of nitrogens with zero attached hydrogens (tertiary/aromatic N) is 2. The normalized spacial score (nSPS) is 27.8. The Labute approximate surface area is 210 Å². The van der Waals surface area contributed by atoms with E-state index in [4.69, 9.17) is 9.47 Å². The third-order valence-electron chi connectivity index (χ3n) is 7.96. The van der Waals surface area contributed by atoms with Crippen LogP contribution in [0, 0.1) is 11.8 Å². The summed E-state index contributed by atoms with van der Waals surface area (Å²) in [6, 6.07) is 14.3. The number of para-hydroxylation sites is 2. The van der Waals surface area contributed by atoms with E-state index in [1.165, 1.54) is 9.80 Å². The zero-order valence-electron chi connectivity index (χ0n) is 20.9. The van der Waals surface area contributed by atoms with Crippen molar-refractivity contribution < 1.29 is 28.7 Å². The summed E-state index contributed by atoms with van der Waals surface area (Å²) in [6.07, 6.45) is 1.16. The Morgan fingerprint density at radius 2 is 1.08 bits per heavy atom. The maximum absolute atomic E-state index is 14.4. The molecule has 1 fully saturated rings. The Hall–Kier alpha value is -3.68. The van der Waals surface area contributed by atoms with E-state index in [1.807, 2.05) is 13.8 Å². The van der Waals surface area contributed by atoms with Crippen LogP contribution in [-0.4, -0.2) is 51.1 Å². The first-order chi connectivity index (χ1) is 17.3. The van der Waals surface area contributed by atoms with Crippen molar-refractivity contribution in [1.82, 2.24) is 0 Å². The second-order valence-electron chi connectivity index (χ2n) is 9.67. The highest BCUT2D eigenvalue weighted by molar-refractivity contribution is 6.24. The quantitative estimate of drug-likeness (QED) is 0.578. The molecule has 1 aliphatic carbocycles. The molecule has 188 valence electrons. The molecule has 0 aromatic heterocycles.